The molecule has 108 valence electrons. The van der Waals surface area contributed by atoms with Gasteiger partial charge in [0.2, 0.25) is 5.91 Å². The number of carbonyl (C=O) groups is 1. The lowest BCUT2D eigenvalue weighted by molar-refractivity contribution is -0.124. The largest absolute Gasteiger partial charge is 0.351 e. The highest BCUT2D eigenvalue weighted by molar-refractivity contribution is 7.99. The van der Waals surface area contributed by atoms with Crippen LogP contribution in [0.15, 0.2) is 0 Å². The normalized spacial score (nSPS) is 42.1. The molecule has 0 radical (unpaired) electrons. The number of carbonyl (C=O) groups excluding carboxylic acids is 1. The summed E-state index contributed by atoms with van der Waals surface area (Å²) in [5.74, 6) is 1.65. The SMILES string of the molecule is CSC1CCCCC1NC(=O)C1NCC2CCCC21. The van der Waals surface area contributed by atoms with Crippen LogP contribution in [-0.2, 0) is 4.79 Å². The molecular formula is C15H26N2OS. The molecule has 19 heavy (non-hydrogen) atoms. The van der Waals surface area contributed by atoms with Crippen LogP contribution in [0.5, 0.6) is 0 Å². The van der Waals surface area contributed by atoms with Crippen LogP contribution >= 0.6 is 11.8 Å². The van der Waals surface area contributed by atoms with E-state index in [1.807, 2.05) is 11.8 Å². The molecule has 2 aliphatic carbocycles. The minimum Gasteiger partial charge on any atom is -0.351 e. The molecule has 1 heterocycles. The standard InChI is InChI=1S/C15H26N2OS/c1-19-13-8-3-2-7-12(13)17-15(18)14-11-6-4-5-10(11)9-16-14/h10-14,16H,2-9H2,1H3,(H,17,18). The van der Waals surface area contributed by atoms with Gasteiger partial charge in [-0.3, -0.25) is 4.79 Å². The highest BCUT2D eigenvalue weighted by Gasteiger charge is 2.43. The molecule has 2 N–H and O–H groups in total. The van der Waals surface area contributed by atoms with Crippen molar-refractivity contribution in [2.45, 2.75) is 62.3 Å². The second-order valence-electron chi connectivity index (χ2n) is 6.41. The number of fused-ring (bicyclic) bond motifs is 1. The fourth-order valence-electron chi connectivity index (χ4n) is 4.29. The number of hydrogen-bond acceptors (Lipinski definition) is 3. The number of amides is 1. The predicted molar refractivity (Wildman–Crippen MR) is 80.3 cm³/mol. The zero-order valence-corrected chi connectivity index (χ0v) is 12.7. The lowest BCUT2D eigenvalue weighted by Crippen LogP contribution is -2.51. The molecule has 0 aromatic rings. The Morgan fingerprint density at radius 2 is 2.00 bits per heavy atom. The third kappa shape index (κ3) is 2.80. The first-order chi connectivity index (χ1) is 9.29. The number of thioether (sulfide) groups is 1. The van der Waals surface area contributed by atoms with Crippen LogP contribution in [0.4, 0.5) is 0 Å². The monoisotopic (exact) mass is 282 g/mol. The number of nitrogens with one attached hydrogen (secondary N) is 2. The molecular weight excluding hydrogens is 256 g/mol. The molecule has 3 aliphatic rings. The quantitative estimate of drug-likeness (QED) is 0.833. The molecule has 3 rings (SSSR count). The van der Waals surface area contributed by atoms with E-state index in [1.165, 1.54) is 38.5 Å². The fraction of sp³-hybridized carbons (Fsp3) is 0.933. The van der Waals surface area contributed by atoms with E-state index in [0.717, 1.165) is 18.9 Å². The summed E-state index contributed by atoms with van der Waals surface area (Å²) in [7, 11) is 0. The third-order valence-corrected chi connectivity index (χ3v) is 6.53. The van der Waals surface area contributed by atoms with Gasteiger partial charge in [-0.25, -0.2) is 0 Å². The summed E-state index contributed by atoms with van der Waals surface area (Å²) >= 11 is 1.92. The summed E-state index contributed by atoms with van der Waals surface area (Å²) in [6.45, 7) is 1.05. The first-order valence-electron chi connectivity index (χ1n) is 7.86. The van der Waals surface area contributed by atoms with Crippen molar-refractivity contribution in [2.75, 3.05) is 12.8 Å². The van der Waals surface area contributed by atoms with Gasteiger partial charge in [-0.1, -0.05) is 19.3 Å². The van der Waals surface area contributed by atoms with Gasteiger partial charge in [-0.2, -0.15) is 11.8 Å². The predicted octanol–water partition coefficient (Wildman–Crippen LogP) is 2.16. The lowest BCUT2D eigenvalue weighted by atomic mass is 9.91. The van der Waals surface area contributed by atoms with Gasteiger partial charge in [0.25, 0.3) is 0 Å². The topological polar surface area (TPSA) is 41.1 Å². The summed E-state index contributed by atoms with van der Waals surface area (Å²) in [6, 6.07) is 0.496. The molecule has 5 unspecified atom stereocenters. The molecule has 1 aliphatic heterocycles. The van der Waals surface area contributed by atoms with Crippen LogP contribution in [-0.4, -0.2) is 36.0 Å². The lowest BCUT2D eigenvalue weighted by Gasteiger charge is -2.32. The van der Waals surface area contributed by atoms with E-state index in [2.05, 4.69) is 16.9 Å². The summed E-state index contributed by atoms with van der Waals surface area (Å²) in [4.78, 5) is 12.5. The van der Waals surface area contributed by atoms with Gasteiger partial charge in [0.05, 0.1) is 6.04 Å². The van der Waals surface area contributed by atoms with Crippen LogP contribution in [0, 0.1) is 11.8 Å². The second kappa shape index (κ2) is 6.04. The molecule has 0 aromatic carbocycles. The van der Waals surface area contributed by atoms with E-state index in [1.54, 1.807) is 0 Å². The Morgan fingerprint density at radius 3 is 2.84 bits per heavy atom. The van der Waals surface area contributed by atoms with E-state index < -0.39 is 0 Å². The van der Waals surface area contributed by atoms with Crippen molar-refractivity contribution in [2.24, 2.45) is 11.8 Å². The van der Waals surface area contributed by atoms with Gasteiger partial charge in [0, 0.05) is 11.3 Å². The van der Waals surface area contributed by atoms with Crippen molar-refractivity contribution in [3.05, 3.63) is 0 Å². The number of hydrogen-bond donors (Lipinski definition) is 2. The molecule has 1 amide bonds. The van der Waals surface area contributed by atoms with E-state index in [9.17, 15) is 4.79 Å². The number of rotatable bonds is 3. The Labute approximate surface area is 120 Å². The molecule has 0 spiro atoms. The van der Waals surface area contributed by atoms with Crippen LogP contribution < -0.4 is 10.6 Å². The molecule has 4 heteroatoms. The summed E-state index contributed by atoms with van der Waals surface area (Å²) in [6.07, 6.45) is 11.1. The van der Waals surface area contributed by atoms with E-state index in [0.29, 0.717) is 17.2 Å². The maximum absolute atomic E-state index is 12.5. The fourth-order valence-corrected chi connectivity index (χ4v) is 5.23. The van der Waals surface area contributed by atoms with Gasteiger partial charge in [0.15, 0.2) is 0 Å². The van der Waals surface area contributed by atoms with Crippen molar-refractivity contribution in [1.29, 1.82) is 0 Å². The molecule has 1 saturated heterocycles. The van der Waals surface area contributed by atoms with Crippen LogP contribution in [0.1, 0.15) is 44.9 Å². The van der Waals surface area contributed by atoms with Crippen molar-refractivity contribution in [3.8, 4) is 0 Å². The van der Waals surface area contributed by atoms with Crippen LogP contribution in [0.3, 0.4) is 0 Å². The molecule has 3 fully saturated rings. The zero-order chi connectivity index (χ0) is 13.2. The molecule has 3 nitrogen and oxygen atoms in total. The molecule has 0 aromatic heterocycles. The van der Waals surface area contributed by atoms with E-state index in [-0.39, 0.29) is 11.9 Å². The van der Waals surface area contributed by atoms with E-state index in [4.69, 9.17) is 0 Å². The Balaban J connectivity index is 1.58. The van der Waals surface area contributed by atoms with Gasteiger partial charge in [-0.05, 0) is 50.3 Å². The highest BCUT2D eigenvalue weighted by Crippen LogP contribution is 2.38. The molecule has 0 bridgehead atoms. The second-order valence-corrected chi connectivity index (χ2v) is 7.49. The molecule has 2 saturated carbocycles. The van der Waals surface area contributed by atoms with E-state index >= 15 is 0 Å². The van der Waals surface area contributed by atoms with Gasteiger partial charge in [0.1, 0.15) is 0 Å². The minimum atomic E-state index is 0.0944. The van der Waals surface area contributed by atoms with Crippen LogP contribution in [0.25, 0.3) is 0 Å². The Kier molecular flexibility index (Phi) is 4.37. The average Bonchev–Trinajstić information content (AvgIpc) is 3.01. The van der Waals surface area contributed by atoms with Crippen molar-refractivity contribution in [1.82, 2.24) is 10.6 Å². The smallest absolute Gasteiger partial charge is 0.237 e. The Bertz CT molecular complexity index is 336. The third-order valence-electron chi connectivity index (χ3n) is 5.36. The Morgan fingerprint density at radius 1 is 1.16 bits per heavy atom. The first kappa shape index (κ1) is 13.7. The van der Waals surface area contributed by atoms with Crippen molar-refractivity contribution < 1.29 is 4.79 Å². The van der Waals surface area contributed by atoms with Gasteiger partial charge >= 0.3 is 0 Å². The summed E-state index contributed by atoms with van der Waals surface area (Å²) in [5.41, 5.74) is 0. The van der Waals surface area contributed by atoms with Crippen LogP contribution in [0.2, 0.25) is 0 Å². The van der Waals surface area contributed by atoms with Gasteiger partial charge in [-0.15, -0.1) is 0 Å². The maximum Gasteiger partial charge on any atom is 0.237 e. The van der Waals surface area contributed by atoms with Crippen molar-refractivity contribution in [3.63, 3.8) is 0 Å². The Hall–Kier alpha value is -0.220. The summed E-state index contributed by atoms with van der Waals surface area (Å²) < 4.78 is 0. The minimum absolute atomic E-state index is 0.0944. The highest BCUT2D eigenvalue weighted by atomic mass is 32.2. The average molecular weight is 282 g/mol. The van der Waals surface area contributed by atoms with Crippen molar-refractivity contribution >= 4 is 17.7 Å². The zero-order valence-electron chi connectivity index (χ0n) is 11.9. The van der Waals surface area contributed by atoms with Gasteiger partial charge < -0.3 is 10.6 Å². The molecule has 5 atom stereocenters. The first-order valence-corrected chi connectivity index (χ1v) is 9.15. The maximum atomic E-state index is 12.5. The summed E-state index contributed by atoms with van der Waals surface area (Å²) in [5, 5.41) is 7.44.